The molecular formula is C23H32F2N2. The zero-order valence-electron chi connectivity index (χ0n) is 16.9. The normalized spacial score (nSPS) is 20.3. The average Bonchev–Trinajstić information content (AvgIpc) is 3.39. The Bertz CT molecular complexity index is 734. The van der Waals surface area contributed by atoms with E-state index in [9.17, 15) is 4.39 Å². The zero-order valence-corrected chi connectivity index (χ0v) is 16.9. The van der Waals surface area contributed by atoms with E-state index in [1.807, 2.05) is 13.8 Å². The largest absolute Gasteiger partial charge is 0.375 e. The van der Waals surface area contributed by atoms with Crippen LogP contribution in [0.1, 0.15) is 69.9 Å². The summed E-state index contributed by atoms with van der Waals surface area (Å²) in [6.07, 6.45) is 6.46. The summed E-state index contributed by atoms with van der Waals surface area (Å²) in [5.74, 6) is -0.413. The van der Waals surface area contributed by atoms with Crippen LogP contribution in [0.4, 0.5) is 14.5 Å². The van der Waals surface area contributed by atoms with Crippen LogP contribution in [-0.4, -0.2) is 18.0 Å². The summed E-state index contributed by atoms with van der Waals surface area (Å²) in [5.41, 5.74) is 1.66. The minimum Gasteiger partial charge on any atom is -0.375 e. The standard InChI is InChI=1S/C23H32F2N2/c1-6-8-12-27-13-11-18(15(27)3)23(4,5)20-21(25)17(16-9-10-16)14-19(24)22(20)26-7-2/h7,14,16,18,26H,2-3,6,8-13H2,1,4-5H3. The molecule has 0 bridgehead atoms. The van der Waals surface area contributed by atoms with E-state index in [1.54, 1.807) is 0 Å². The average molecular weight is 375 g/mol. The number of anilines is 1. The van der Waals surface area contributed by atoms with Gasteiger partial charge in [-0.25, -0.2) is 8.78 Å². The van der Waals surface area contributed by atoms with Crippen LogP contribution in [0.5, 0.6) is 0 Å². The molecule has 1 saturated heterocycles. The van der Waals surface area contributed by atoms with Crippen molar-refractivity contribution in [1.82, 2.24) is 4.90 Å². The maximum Gasteiger partial charge on any atom is 0.147 e. The van der Waals surface area contributed by atoms with E-state index >= 15 is 4.39 Å². The number of rotatable bonds is 8. The molecule has 27 heavy (non-hydrogen) atoms. The molecule has 1 heterocycles. The Kier molecular flexibility index (Phi) is 5.64. The first-order chi connectivity index (χ1) is 12.8. The second-order valence-electron chi connectivity index (χ2n) is 8.53. The van der Waals surface area contributed by atoms with Gasteiger partial charge in [0, 0.05) is 35.7 Å². The van der Waals surface area contributed by atoms with Gasteiger partial charge in [0.25, 0.3) is 0 Å². The van der Waals surface area contributed by atoms with Gasteiger partial charge in [0.15, 0.2) is 0 Å². The van der Waals surface area contributed by atoms with Crippen LogP contribution in [0.2, 0.25) is 0 Å². The highest BCUT2D eigenvalue weighted by atomic mass is 19.1. The van der Waals surface area contributed by atoms with E-state index in [1.165, 1.54) is 12.3 Å². The summed E-state index contributed by atoms with van der Waals surface area (Å²) < 4.78 is 30.5. The summed E-state index contributed by atoms with van der Waals surface area (Å²) in [7, 11) is 0. The third kappa shape index (κ3) is 3.63. The maximum absolute atomic E-state index is 15.6. The third-order valence-corrected chi connectivity index (χ3v) is 6.30. The lowest BCUT2D eigenvalue weighted by Crippen LogP contribution is -2.32. The molecule has 1 N–H and O–H groups in total. The van der Waals surface area contributed by atoms with Gasteiger partial charge < -0.3 is 10.2 Å². The first-order valence-electron chi connectivity index (χ1n) is 10.2. The maximum atomic E-state index is 15.6. The predicted molar refractivity (Wildman–Crippen MR) is 109 cm³/mol. The lowest BCUT2D eigenvalue weighted by molar-refractivity contribution is 0.337. The number of nitrogens with zero attached hydrogens (tertiary/aromatic N) is 1. The number of allylic oxidation sites excluding steroid dienone is 1. The van der Waals surface area contributed by atoms with Gasteiger partial charge in [-0.1, -0.05) is 40.3 Å². The SMILES string of the molecule is C=CNc1c(F)cc(C2CC2)c(F)c1C(C)(C)C1CCN(CCCC)C1=C. The highest BCUT2D eigenvalue weighted by Gasteiger charge is 2.43. The molecule has 148 valence electrons. The van der Waals surface area contributed by atoms with Crippen LogP contribution < -0.4 is 5.32 Å². The van der Waals surface area contributed by atoms with Gasteiger partial charge in [-0.2, -0.15) is 0 Å². The van der Waals surface area contributed by atoms with Gasteiger partial charge in [0.1, 0.15) is 11.6 Å². The van der Waals surface area contributed by atoms with Crippen molar-refractivity contribution in [3.63, 3.8) is 0 Å². The molecule has 1 unspecified atom stereocenters. The van der Waals surface area contributed by atoms with E-state index in [0.717, 1.165) is 50.9 Å². The Morgan fingerprint density at radius 1 is 1.30 bits per heavy atom. The van der Waals surface area contributed by atoms with Crippen LogP contribution in [0.15, 0.2) is 31.1 Å². The molecule has 1 aromatic rings. The molecular weight excluding hydrogens is 342 g/mol. The van der Waals surface area contributed by atoms with E-state index in [4.69, 9.17) is 0 Å². The van der Waals surface area contributed by atoms with Crippen LogP contribution in [0.3, 0.4) is 0 Å². The van der Waals surface area contributed by atoms with Crippen molar-refractivity contribution in [2.24, 2.45) is 5.92 Å². The molecule has 1 aromatic carbocycles. The van der Waals surface area contributed by atoms with Gasteiger partial charge in [-0.15, -0.1) is 0 Å². The fourth-order valence-corrected chi connectivity index (χ4v) is 4.56. The fourth-order valence-electron chi connectivity index (χ4n) is 4.56. The molecule has 1 aliphatic heterocycles. The number of unbranched alkanes of at least 4 members (excludes halogenated alkanes) is 1. The lowest BCUT2D eigenvalue weighted by atomic mass is 9.70. The van der Waals surface area contributed by atoms with Crippen LogP contribution >= 0.6 is 0 Å². The summed E-state index contributed by atoms with van der Waals surface area (Å²) in [6, 6.07) is 1.37. The van der Waals surface area contributed by atoms with Gasteiger partial charge in [0.2, 0.25) is 0 Å². The monoisotopic (exact) mass is 374 g/mol. The number of halogens is 2. The van der Waals surface area contributed by atoms with E-state index in [2.05, 4.69) is 30.3 Å². The van der Waals surface area contributed by atoms with Crippen molar-refractivity contribution in [3.8, 4) is 0 Å². The van der Waals surface area contributed by atoms with Crippen molar-refractivity contribution in [3.05, 3.63) is 53.9 Å². The predicted octanol–water partition coefficient (Wildman–Crippen LogP) is 6.31. The number of benzene rings is 1. The second-order valence-corrected chi connectivity index (χ2v) is 8.53. The molecule has 1 saturated carbocycles. The van der Waals surface area contributed by atoms with E-state index in [-0.39, 0.29) is 23.3 Å². The zero-order chi connectivity index (χ0) is 19.8. The molecule has 0 amide bonds. The van der Waals surface area contributed by atoms with E-state index in [0.29, 0.717) is 11.1 Å². The number of likely N-dealkylation sites (tertiary alicyclic amines) is 1. The minimum atomic E-state index is -0.570. The number of hydrogen-bond acceptors (Lipinski definition) is 2. The van der Waals surface area contributed by atoms with Crippen molar-refractivity contribution >= 4 is 5.69 Å². The molecule has 1 atom stereocenters. The van der Waals surface area contributed by atoms with Crippen LogP contribution in [-0.2, 0) is 5.41 Å². The lowest BCUT2D eigenvalue weighted by Gasteiger charge is -2.36. The molecule has 1 aliphatic carbocycles. The highest BCUT2D eigenvalue weighted by molar-refractivity contribution is 5.60. The molecule has 0 radical (unpaired) electrons. The summed E-state index contributed by atoms with van der Waals surface area (Å²) in [5, 5.41) is 2.87. The molecule has 0 aromatic heterocycles. The Hall–Kier alpha value is -1.84. The molecule has 2 aliphatic rings. The molecule has 3 rings (SSSR count). The third-order valence-electron chi connectivity index (χ3n) is 6.30. The second kappa shape index (κ2) is 7.65. The Labute approximate surface area is 162 Å². The fraction of sp³-hybridized carbons (Fsp3) is 0.565. The topological polar surface area (TPSA) is 15.3 Å². The quantitative estimate of drug-likeness (QED) is 0.573. The summed E-state index contributed by atoms with van der Waals surface area (Å²) in [4.78, 5) is 2.32. The van der Waals surface area contributed by atoms with Gasteiger partial charge >= 0.3 is 0 Å². The van der Waals surface area contributed by atoms with Crippen molar-refractivity contribution in [1.29, 1.82) is 0 Å². The Morgan fingerprint density at radius 3 is 2.59 bits per heavy atom. The van der Waals surface area contributed by atoms with Gasteiger partial charge in [-0.05, 0) is 49.4 Å². The minimum absolute atomic E-state index is 0.0862. The molecule has 4 heteroatoms. The van der Waals surface area contributed by atoms with Gasteiger partial charge in [-0.3, -0.25) is 0 Å². The summed E-state index contributed by atoms with van der Waals surface area (Å²) in [6.45, 7) is 16.1. The van der Waals surface area contributed by atoms with E-state index < -0.39 is 11.2 Å². The Balaban J connectivity index is 2.02. The molecule has 2 fully saturated rings. The van der Waals surface area contributed by atoms with Crippen molar-refractivity contribution in [2.75, 3.05) is 18.4 Å². The number of hydrogen-bond donors (Lipinski definition) is 1. The van der Waals surface area contributed by atoms with Crippen molar-refractivity contribution in [2.45, 2.75) is 64.2 Å². The smallest absolute Gasteiger partial charge is 0.147 e. The first kappa shape index (κ1) is 19.9. The molecule has 0 spiro atoms. The molecule has 2 nitrogen and oxygen atoms in total. The Morgan fingerprint density at radius 2 is 2.00 bits per heavy atom. The first-order valence-corrected chi connectivity index (χ1v) is 10.2. The van der Waals surface area contributed by atoms with Crippen LogP contribution in [0, 0.1) is 17.6 Å². The van der Waals surface area contributed by atoms with Crippen molar-refractivity contribution < 1.29 is 8.78 Å². The van der Waals surface area contributed by atoms with Crippen LogP contribution in [0.25, 0.3) is 0 Å². The highest BCUT2D eigenvalue weighted by Crippen LogP contribution is 2.50. The van der Waals surface area contributed by atoms with Gasteiger partial charge in [0.05, 0.1) is 5.69 Å². The summed E-state index contributed by atoms with van der Waals surface area (Å²) >= 11 is 0. The number of nitrogens with one attached hydrogen (secondary N) is 1.